The van der Waals surface area contributed by atoms with Crippen molar-refractivity contribution in [1.29, 1.82) is 5.26 Å². The van der Waals surface area contributed by atoms with Crippen molar-refractivity contribution in [1.82, 2.24) is 19.5 Å². The topological polar surface area (TPSA) is 88.7 Å². The van der Waals surface area contributed by atoms with Gasteiger partial charge in [-0.05, 0) is 54.4 Å². The molecule has 0 atom stereocenters. The van der Waals surface area contributed by atoms with Crippen molar-refractivity contribution in [2.24, 2.45) is 7.05 Å². The Kier molecular flexibility index (Phi) is 6.00. The molecule has 7 nitrogen and oxygen atoms in total. The third kappa shape index (κ3) is 4.62. The molecule has 2 heterocycles. The fourth-order valence-electron chi connectivity index (χ4n) is 3.53. The summed E-state index contributed by atoms with van der Waals surface area (Å²) in [4.78, 5) is 13.4. The maximum absolute atomic E-state index is 9.01. The lowest BCUT2D eigenvalue weighted by Gasteiger charge is -2.13. The summed E-state index contributed by atoms with van der Waals surface area (Å²) in [7, 11) is 1.83. The maximum atomic E-state index is 9.01. The normalized spacial score (nSPS) is 10.8. The van der Waals surface area contributed by atoms with E-state index < -0.39 is 0 Å². The largest absolute Gasteiger partial charge is 0.434 e. The number of rotatable bonds is 5. The Morgan fingerprint density at radius 3 is 2.29 bits per heavy atom. The standard InChI is InChI=1S/C26H18Cl2N6O/c1-15-3-7-17(8-4-15)18-11-20(27)23(21(28)12-18)35-25-22-24(34(2)14-30-22)32-26(33-25)31-19-9-5-16(13-29)6-10-19/h3-12,14H,1-2H3,(H,31,32,33). The summed E-state index contributed by atoms with van der Waals surface area (Å²) in [6.07, 6.45) is 1.63. The Labute approximate surface area is 211 Å². The van der Waals surface area contributed by atoms with Crippen LogP contribution in [0.4, 0.5) is 11.6 Å². The zero-order valence-electron chi connectivity index (χ0n) is 18.8. The molecular formula is C26H18Cl2N6O. The summed E-state index contributed by atoms with van der Waals surface area (Å²) in [5.74, 6) is 0.780. The van der Waals surface area contributed by atoms with Gasteiger partial charge in [0.05, 0.1) is 28.0 Å². The van der Waals surface area contributed by atoms with E-state index >= 15 is 0 Å². The molecule has 1 N–H and O–H groups in total. The van der Waals surface area contributed by atoms with E-state index in [1.54, 1.807) is 47.3 Å². The number of hydrogen-bond donors (Lipinski definition) is 1. The summed E-state index contributed by atoms with van der Waals surface area (Å²) in [6.45, 7) is 2.03. The molecule has 172 valence electrons. The molecule has 0 fully saturated rings. The number of nitrogens with zero attached hydrogens (tertiary/aromatic N) is 5. The third-order valence-corrected chi connectivity index (χ3v) is 5.94. The van der Waals surface area contributed by atoms with Gasteiger partial charge in [0.25, 0.3) is 5.88 Å². The predicted octanol–water partition coefficient (Wildman–Crippen LogP) is 7.05. The predicted molar refractivity (Wildman–Crippen MR) is 137 cm³/mol. The summed E-state index contributed by atoms with van der Waals surface area (Å²) < 4.78 is 7.88. The number of benzene rings is 3. The molecule has 0 radical (unpaired) electrons. The van der Waals surface area contributed by atoms with Crippen LogP contribution in [0.15, 0.2) is 67.0 Å². The summed E-state index contributed by atoms with van der Waals surface area (Å²) >= 11 is 13.2. The highest BCUT2D eigenvalue weighted by atomic mass is 35.5. The average molecular weight is 501 g/mol. The van der Waals surface area contributed by atoms with Gasteiger partial charge in [0.15, 0.2) is 16.9 Å². The van der Waals surface area contributed by atoms with Crippen LogP contribution in [0.5, 0.6) is 11.6 Å². The van der Waals surface area contributed by atoms with E-state index in [-0.39, 0.29) is 11.6 Å². The van der Waals surface area contributed by atoms with E-state index in [4.69, 9.17) is 33.2 Å². The van der Waals surface area contributed by atoms with Crippen molar-refractivity contribution in [2.45, 2.75) is 6.92 Å². The molecule has 0 saturated heterocycles. The third-order valence-electron chi connectivity index (χ3n) is 5.38. The second-order valence-corrected chi connectivity index (χ2v) is 8.75. The second kappa shape index (κ2) is 9.26. The van der Waals surface area contributed by atoms with Crippen LogP contribution >= 0.6 is 23.2 Å². The van der Waals surface area contributed by atoms with E-state index in [2.05, 4.69) is 26.3 Å². The Morgan fingerprint density at radius 1 is 0.943 bits per heavy atom. The molecular weight excluding hydrogens is 483 g/mol. The van der Waals surface area contributed by atoms with Gasteiger partial charge in [0.2, 0.25) is 5.95 Å². The lowest BCUT2D eigenvalue weighted by atomic mass is 10.0. The van der Waals surface area contributed by atoms with Gasteiger partial charge in [0, 0.05) is 12.7 Å². The van der Waals surface area contributed by atoms with Crippen LogP contribution in [0.2, 0.25) is 10.0 Å². The Bertz CT molecular complexity index is 1570. The first kappa shape index (κ1) is 22.7. The average Bonchev–Trinajstić information content (AvgIpc) is 3.23. The lowest BCUT2D eigenvalue weighted by molar-refractivity contribution is 0.468. The second-order valence-electron chi connectivity index (χ2n) is 7.93. The monoisotopic (exact) mass is 500 g/mol. The quantitative estimate of drug-likeness (QED) is 0.278. The van der Waals surface area contributed by atoms with E-state index in [1.807, 2.05) is 38.2 Å². The number of fused-ring (bicyclic) bond motifs is 1. The number of hydrogen-bond acceptors (Lipinski definition) is 6. The molecule has 2 aromatic heterocycles. The number of nitriles is 1. The van der Waals surface area contributed by atoms with Crippen LogP contribution in [0.1, 0.15) is 11.1 Å². The fourth-order valence-corrected chi connectivity index (χ4v) is 4.10. The minimum absolute atomic E-state index is 0.207. The number of nitrogens with one attached hydrogen (secondary N) is 1. The Hall–Kier alpha value is -4.12. The molecule has 35 heavy (non-hydrogen) atoms. The van der Waals surface area contributed by atoms with Gasteiger partial charge in [-0.2, -0.15) is 15.2 Å². The summed E-state index contributed by atoms with van der Waals surface area (Å²) in [6, 6.07) is 20.8. The number of halogens is 2. The van der Waals surface area contributed by atoms with E-state index in [0.29, 0.717) is 32.7 Å². The van der Waals surface area contributed by atoms with Gasteiger partial charge in [0.1, 0.15) is 0 Å². The molecule has 3 aromatic carbocycles. The Balaban J connectivity index is 1.52. The van der Waals surface area contributed by atoms with Gasteiger partial charge >= 0.3 is 0 Å². The molecule has 5 rings (SSSR count). The molecule has 0 unspecified atom stereocenters. The van der Waals surface area contributed by atoms with Crippen molar-refractivity contribution < 1.29 is 4.74 Å². The van der Waals surface area contributed by atoms with Gasteiger partial charge in [-0.25, -0.2) is 4.98 Å². The van der Waals surface area contributed by atoms with Crippen molar-refractivity contribution >= 4 is 46.0 Å². The molecule has 0 bridgehead atoms. The number of anilines is 2. The van der Waals surface area contributed by atoms with E-state index in [0.717, 1.165) is 16.8 Å². The molecule has 0 amide bonds. The molecule has 9 heteroatoms. The van der Waals surface area contributed by atoms with Crippen LogP contribution in [0.3, 0.4) is 0 Å². The van der Waals surface area contributed by atoms with Crippen LogP contribution in [0, 0.1) is 18.3 Å². The van der Waals surface area contributed by atoms with Crippen LogP contribution in [0.25, 0.3) is 22.3 Å². The zero-order valence-corrected chi connectivity index (χ0v) is 20.3. The molecule has 0 spiro atoms. The molecule has 0 aliphatic heterocycles. The SMILES string of the molecule is Cc1ccc(-c2cc(Cl)c(Oc3nc(Nc4ccc(C#N)cc4)nc4c3ncn4C)c(Cl)c2)cc1. The van der Waals surface area contributed by atoms with Crippen molar-refractivity contribution in [3.63, 3.8) is 0 Å². The van der Waals surface area contributed by atoms with Crippen LogP contribution < -0.4 is 10.1 Å². The smallest absolute Gasteiger partial charge is 0.252 e. The number of aryl methyl sites for hydroxylation is 2. The Morgan fingerprint density at radius 2 is 1.63 bits per heavy atom. The number of ether oxygens (including phenoxy) is 1. The minimum Gasteiger partial charge on any atom is -0.434 e. The minimum atomic E-state index is 0.207. The number of imidazole rings is 1. The molecule has 0 aliphatic carbocycles. The van der Waals surface area contributed by atoms with Gasteiger partial charge in [-0.1, -0.05) is 53.0 Å². The van der Waals surface area contributed by atoms with Gasteiger partial charge in [-0.3, -0.25) is 0 Å². The fraction of sp³-hybridized carbons (Fsp3) is 0.0769. The van der Waals surface area contributed by atoms with Gasteiger partial charge < -0.3 is 14.6 Å². The summed E-state index contributed by atoms with van der Waals surface area (Å²) in [5.41, 5.74) is 5.34. The lowest BCUT2D eigenvalue weighted by Crippen LogP contribution is -2.02. The first-order valence-electron chi connectivity index (χ1n) is 10.6. The first-order valence-corrected chi connectivity index (χ1v) is 11.4. The molecule has 0 aliphatic rings. The highest BCUT2D eigenvalue weighted by molar-refractivity contribution is 6.37. The first-order chi connectivity index (χ1) is 16.9. The highest BCUT2D eigenvalue weighted by Crippen LogP contribution is 2.41. The van der Waals surface area contributed by atoms with Crippen molar-refractivity contribution in [3.8, 4) is 28.8 Å². The highest BCUT2D eigenvalue weighted by Gasteiger charge is 2.18. The number of aromatic nitrogens is 4. The van der Waals surface area contributed by atoms with Crippen molar-refractivity contribution in [3.05, 3.63) is 88.2 Å². The summed E-state index contributed by atoms with van der Waals surface area (Å²) in [5, 5.41) is 12.8. The van der Waals surface area contributed by atoms with Crippen LogP contribution in [-0.2, 0) is 7.05 Å². The van der Waals surface area contributed by atoms with Crippen molar-refractivity contribution in [2.75, 3.05) is 5.32 Å². The van der Waals surface area contributed by atoms with E-state index in [1.165, 1.54) is 5.56 Å². The zero-order chi connectivity index (χ0) is 24.5. The molecule has 0 saturated carbocycles. The van der Waals surface area contributed by atoms with E-state index in [9.17, 15) is 0 Å². The van der Waals surface area contributed by atoms with Gasteiger partial charge in [-0.15, -0.1) is 0 Å². The maximum Gasteiger partial charge on any atom is 0.252 e. The molecule has 5 aromatic rings. The van der Waals surface area contributed by atoms with Crippen LogP contribution in [-0.4, -0.2) is 19.5 Å².